The molecule has 1 aliphatic heterocycles. The molecule has 0 spiro atoms. The van der Waals surface area contributed by atoms with Crippen LogP contribution in [0.3, 0.4) is 0 Å². The summed E-state index contributed by atoms with van der Waals surface area (Å²) in [6, 6.07) is 0.566. The van der Waals surface area contributed by atoms with Crippen LogP contribution in [0.15, 0.2) is 0 Å². The van der Waals surface area contributed by atoms with E-state index in [-0.39, 0.29) is 0 Å². The molecule has 3 atom stereocenters. The van der Waals surface area contributed by atoms with Crippen molar-refractivity contribution in [2.75, 3.05) is 19.8 Å². The van der Waals surface area contributed by atoms with E-state index < -0.39 is 0 Å². The van der Waals surface area contributed by atoms with Crippen LogP contribution >= 0.6 is 0 Å². The van der Waals surface area contributed by atoms with E-state index in [9.17, 15) is 0 Å². The van der Waals surface area contributed by atoms with Crippen molar-refractivity contribution in [2.24, 2.45) is 5.92 Å². The second kappa shape index (κ2) is 5.99. The first-order valence-corrected chi connectivity index (χ1v) is 6.76. The standard InChI is InChI=1S/C13H25NO2/c1-3-6-14-12-5-4-10(2)7-13(12)16-11-8-15-9-11/h10-14H,3-9H2,1-2H3. The van der Waals surface area contributed by atoms with Gasteiger partial charge in [-0.05, 0) is 38.1 Å². The van der Waals surface area contributed by atoms with E-state index in [2.05, 4.69) is 19.2 Å². The molecule has 0 aromatic heterocycles. The number of hydrogen-bond donors (Lipinski definition) is 1. The van der Waals surface area contributed by atoms with E-state index in [4.69, 9.17) is 9.47 Å². The van der Waals surface area contributed by atoms with E-state index >= 15 is 0 Å². The maximum absolute atomic E-state index is 6.12. The molecular formula is C13H25NO2. The van der Waals surface area contributed by atoms with Crippen LogP contribution in [0.25, 0.3) is 0 Å². The Kier molecular flexibility index (Phi) is 4.62. The van der Waals surface area contributed by atoms with Crippen LogP contribution in [0.1, 0.15) is 39.5 Å². The van der Waals surface area contributed by atoms with Crippen LogP contribution in [0.4, 0.5) is 0 Å². The number of ether oxygens (including phenoxy) is 2. The highest BCUT2D eigenvalue weighted by molar-refractivity contribution is 4.86. The maximum atomic E-state index is 6.12. The summed E-state index contributed by atoms with van der Waals surface area (Å²) >= 11 is 0. The van der Waals surface area contributed by atoms with Gasteiger partial charge in [-0.15, -0.1) is 0 Å². The quantitative estimate of drug-likeness (QED) is 0.779. The fraction of sp³-hybridized carbons (Fsp3) is 1.00. The number of hydrogen-bond acceptors (Lipinski definition) is 3. The molecule has 1 saturated carbocycles. The van der Waals surface area contributed by atoms with Gasteiger partial charge in [0.05, 0.1) is 19.3 Å². The van der Waals surface area contributed by atoms with Crippen LogP contribution in [0.5, 0.6) is 0 Å². The van der Waals surface area contributed by atoms with Gasteiger partial charge in [-0.1, -0.05) is 13.8 Å². The summed E-state index contributed by atoms with van der Waals surface area (Å²) in [5, 5.41) is 3.63. The fourth-order valence-corrected chi connectivity index (χ4v) is 2.58. The Morgan fingerprint density at radius 1 is 1.31 bits per heavy atom. The molecular weight excluding hydrogens is 202 g/mol. The highest BCUT2D eigenvalue weighted by Gasteiger charge is 2.32. The predicted molar refractivity (Wildman–Crippen MR) is 64.6 cm³/mol. The van der Waals surface area contributed by atoms with E-state index in [1.165, 1.54) is 25.7 Å². The van der Waals surface area contributed by atoms with Crippen LogP contribution in [0, 0.1) is 5.92 Å². The van der Waals surface area contributed by atoms with Crippen molar-refractivity contribution < 1.29 is 9.47 Å². The maximum Gasteiger partial charge on any atom is 0.105 e. The van der Waals surface area contributed by atoms with Gasteiger partial charge in [-0.3, -0.25) is 0 Å². The van der Waals surface area contributed by atoms with Gasteiger partial charge in [-0.2, -0.15) is 0 Å². The van der Waals surface area contributed by atoms with E-state index in [0.29, 0.717) is 18.2 Å². The summed E-state index contributed by atoms with van der Waals surface area (Å²) in [5.41, 5.74) is 0. The molecule has 1 N–H and O–H groups in total. The highest BCUT2D eigenvalue weighted by atomic mass is 16.6. The summed E-state index contributed by atoms with van der Waals surface area (Å²) in [6.07, 6.45) is 5.77. The molecule has 1 aliphatic carbocycles. The molecule has 2 aliphatic rings. The third-order valence-corrected chi connectivity index (χ3v) is 3.69. The second-order valence-electron chi connectivity index (χ2n) is 5.31. The van der Waals surface area contributed by atoms with Gasteiger partial charge >= 0.3 is 0 Å². The minimum absolute atomic E-state index is 0.362. The zero-order chi connectivity index (χ0) is 11.4. The molecule has 0 aromatic rings. The average molecular weight is 227 g/mol. The Morgan fingerprint density at radius 2 is 2.12 bits per heavy atom. The first kappa shape index (κ1) is 12.3. The van der Waals surface area contributed by atoms with Gasteiger partial charge in [0, 0.05) is 6.04 Å². The molecule has 0 amide bonds. The van der Waals surface area contributed by atoms with Crippen molar-refractivity contribution in [3.05, 3.63) is 0 Å². The summed E-state index contributed by atoms with van der Waals surface area (Å²) < 4.78 is 11.3. The van der Waals surface area contributed by atoms with Crippen molar-refractivity contribution >= 4 is 0 Å². The molecule has 1 heterocycles. The summed E-state index contributed by atoms with van der Waals surface area (Å²) in [5.74, 6) is 0.811. The lowest BCUT2D eigenvalue weighted by molar-refractivity contribution is -0.168. The zero-order valence-electron chi connectivity index (χ0n) is 10.6. The SMILES string of the molecule is CCCNC1CCC(C)CC1OC1COC1. The Labute approximate surface area is 98.9 Å². The van der Waals surface area contributed by atoms with Crippen LogP contribution < -0.4 is 5.32 Å². The monoisotopic (exact) mass is 227 g/mol. The highest BCUT2D eigenvalue weighted by Crippen LogP contribution is 2.28. The van der Waals surface area contributed by atoms with E-state index in [1.54, 1.807) is 0 Å². The lowest BCUT2D eigenvalue weighted by Gasteiger charge is -2.39. The van der Waals surface area contributed by atoms with Gasteiger partial charge in [0.1, 0.15) is 6.10 Å². The number of nitrogens with one attached hydrogen (secondary N) is 1. The third kappa shape index (κ3) is 3.19. The van der Waals surface area contributed by atoms with Crippen molar-refractivity contribution in [1.29, 1.82) is 0 Å². The number of rotatable bonds is 5. The Bertz CT molecular complexity index is 204. The molecule has 0 aromatic carbocycles. The van der Waals surface area contributed by atoms with Gasteiger partial charge in [0.15, 0.2) is 0 Å². The first-order valence-electron chi connectivity index (χ1n) is 6.76. The van der Waals surface area contributed by atoms with Gasteiger partial charge < -0.3 is 14.8 Å². The van der Waals surface area contributed by atoms with E-state index in [1.807, 2.05) is 0 Å². The third-order valence-electron chi connectivity index (χ3n) is 3.69. The van der Waals surface area contributed by atoms with Gasteiger partial charge in [-0.25, -0.2) is 0 Å². The van der Waals surface area contributed by atoms with Crippen molar-refractivity contribution in [3.63, 3.8) is 0 Å². The van der Waals surface area contributed by atoms with E-state index in [0.717, 1.165) is 25.7 Å². The lowest BCUT2D eigenvalue weighted by atomic mass is 9.84. The molecule has 3 heteroatoms. The minimum atomic E-state index is 0.362. The van der Waals surface area contributed by atoms with Crippen LogP contribution in [-0.4, -0.2) is 38.0 Å². The smallest absolute Gasteiger partial charge is 0.105 e. The molecule has 3 unspecified atom stereocenters. The average Bonchev–Trinajstić information content (AvgIpc) is 2.22. The molecule has 1 saturated heterocycles. The minimum Gasteiger partial charge on any atom is -0.376 e. The molecule has 3 nitrogen and oxygen atoms in total. The largest absolute Gasteiger partial charge is 0.376 e. The summed E-state index contributed by atoms with van der Waals surface area (Å²) in [4.78, 5) is 0. The normalized spacial score (nSPS) is 36.0. The Morgan fingerprint density at radius 3 is 2.75 bits per heavy atom. The topological polar surface area (TPSA) is 30.5 Å². The first-order chi connectivity index (χ1) is 7.79. The fourth-order valence-electron chi connectivity index (χ4n) is 2.58. The Hall–Kier alpha value is -0.120. The second-order valence-corrected chi connectivity index (χ2v) is 5.31. The van der Waals surface area contributed by atoms with Crippen molar-refractivity contribution in [1.82, 2.24) is 5.32 Å². The Balaban J connectivity index is 1.81. The summed E-state index contributed by atoms with van der Waals surface area (Å²) in [6.45, 7) is 7.26. The molecule has 0 radical (unpaired) electrons. The van der Waals surface area contributed by atoms with Crippen LogP contribution in [0.2, 0.25) is 0 Å². The van der Waals surface area contributed by atoms with Crippen molar-refractivity contribution in [3.8, 4) is 0 Å². The predicted octanol–water partition coefficient (Wildman–Crippen LogP) is 1.96. The van der Waals surface area contributed by atoms with Crippen molar-refractivity contribution in [2.45, 2.75) is 57.8 Å². The molecule has 2 fully saturated rings. The molecule has 2 rings (SSSR count). The van der Waals surface area contributed by atoms with Gasteiger partial charge in [0.25, 0.3) is 0 Å². The zero-order valence-corrected chi connectivity index (χ0v) is 10.6. The molecule has 16 heavy (non-hydrogen) atoms. The molecule has 94 valence electrons. The summed E-state index contributed by atoms with van der Waals surface area (Å²) in [7, 11) is 0. The lowest BCUT2D eigenvalue weighted by Crippen LogP contribution is -2.50. The van der Waals surface area contributed by atoms with Crippen LogP contribution in [-0.2, 0) is 9.47 Å². The molecule has 0 bridgehead atoms. The van der Waals surface area contributed by atoms with Gasteiger partial charge in [0.2, 0.25) is 0 Å².